The number of ether oxygens (including phenoxy) is 1. The van der Waals surface area contributed by atoms with Crippen LogP contribution in [0.15, 0.2) is 35.1 Å². The minimum Gasteiger partial charge on any atom is -0.386 e. The van der Waals surface area contributed by atoms with Crippen LogP contribution in [0.3, 0.4) is 0 Å². The first-order chi connectivity index (χ1) is 10.3. The van der Waals surface area contributed by atoms with Crippen LogP contribution in [-0.4, -0.2) is 32.3 Å². The van der Waals surface area contributed by atoms with Gasteiger partial charge < -0.3 is 15.4 Å². The molecule has 0 radical (unpaired) electrons. The van der Waals surface area contributed by atoms with Gasteiger partial charge in [0.15, 0.2) is 0 Å². The molecule has 0 bridgehead atoms. The first-order valence-corrected chi connectivity index (χ1v) is 8.34. The molecule has 21 heavy (non-hydrogen) atoms. The van der Waals surface area contributed by atoms with Crippen molar-refractivity contribution in [2.24, 2.45) is 0 Å². The first kappa shape index (κ1) is 16.3. The van der Waals surface area contributed by atoms with E-state index in [1.165, 1.54) is 17.7 Å². The molecule has 0 aromatic rings. The van der Waals surface area contributed by atoms with Gasteiger partial charge in [0.2, 0.25) is 0 Å². The SMILES string of the molecule is C/C=C(\C=C(\C)NC1CCOCC1)CC1=CCCNCC1. The van der Waals surface area contributed by atoms with Gasteiger partial charge in [-0.25, -0.2) is 0 Å². The van der Waals surface area contributed by atoms with Crippen molar-refractivity contribution in [1.29, 1.82) is 0 Å². The monoisotopic (exact) mass is 290 g/mol. The van der Waals surface area contributed by atoms with Crippen LogP contribution < -0.4 is 10.6 Å². The highest BCUT2D eigenvalue weighted by Gasteiger charge is 2.13. The van der Waals surface area contributed by atoms with E-state index in [0.29, 0.717) is 6.04 Å². The second kappa shape index (κ2) is 9.06. The number of allylic oxidation sites excluding steroid dienone is 4. The van der Waals surface area contributed by atoms with E-state index < -0.39 is 0 Å². The molecule has 1 saturated heterocycles. The lowest BCUT2D eigenvalue weighted by Gasteiger charge is -2.24. The van der Waals surface area contributed by atoms with Gasteiger partial charge in [-0.2, -0.15) is 0 Å². The van der Waals surface area contributed by atoms with Crippen LogP contribution in [0.2, 0.25) is 0 Å². The van der Waals surface area contributed by atoms with Crippen molar-refractivity contribution in [3.8, 4) is 0 Å². The molecule has 2 rings (SSSR count). The normalized spacial score (nSPS) is 22.7. The Hall–Kier alpha value is -1.06. The van der Waals surface area contributed by atoms with Crippen LogP contribution >= 0.6 is 0 Å². The number of rotatable bonds is 5. The van der Waals surface area contributed by atoms with Gasteiger partial charge in [-0.3, -0.25) is 0 Å². The highest BCUT2D eigenvalue weighted by Crippen LogP contribution is 2.19. The maximum Gasteiger partial charge on any atom is 0.0485 e. The fourth-order valence-electron chi connectivity index (χ4n) is 3.00. The molecule has 0 aromatic carbocycles. The van der Waals surface area contributed by atoms with Gasteiger partial charge >= 0.3 is 0 Å². The predicted molar refractivity (Wildman–Crippen MR) is 89.3 cm³/mol. The summed E-state index contributed by atoms with van der Waals surface area (Å²) in [7, 11) is 0. The predicted octanol–water partition coefficient (Wildman–Crippen LogP) is 3.31. The fraction of sp³-hybridized carbons (Fsp3) is 0.667. The van der Waals surface area contributed by atoms with Crippen molar-refractivity contribution in [2.45, 2.75) is 52.0 Å². The lowest BCUT2D eigenvalue weighted by molar-refractivity contribution is 0.0804. The summed E-state index contributed by atoms with van der Waals surface area (Å²) in [6.45, 7) is 8.34. The van der Waals surface area contributed by atoms with E-state index in [0.717, 1.165) is 52.0 Å². The van der Waals surface area contributed by atoms with E-state index in [2.05, 4.69) is 42.7 Å². The number of hydrogen-bond acceptors (Lipinski definition) is 3. The molecule has 0 saturated carbocycles. The minimum atomic E-state index is 0.578. The van der Waals surface area contributed by atoms with Gasteiger partial charge in [0.05, 0.1) is 0 Å². The molecule has 0 amide bonds. The third-order valence-electron chi connectivity index (χ3n) is 4.23. The summed E-state index contributed by atoms with van der Waals surface area (Å²) in [5, 5.41) is 7.09. The van der Waals surface area contributed by atoms with Crippen molar-refractivity contribution in [3.63, 3.8) is 0 Å². The van der Waals surface area contributed by atoms with Crippen molar-refractivity contribution < 1.29 is 4.74 Å². The summed E-state index contributed by atoms with van der Waals surface area (Å²) >= 11 is 0. The molecular formula is C18H30N2O. The molecule has 0 aliphatic carbocycles. The highest BCUT2D eigenvalue weighted by molar-refractivity contribution is 5.28. The van der Waals surface area contributed by atoms with Crippen molar-refractivity contribution >= 4 is 0 Å². The Bertz CT molecular complexity index is 403. The van der Waals surface area contributed by atoms with E-state index in [1.54, 1.807) is 5.57 Å². The van der Waals surface area contributed by atoms with Gasteiger partial charge in [0, 0.05) is 25.0 Å². The Morgan fingerprint density at radius 2 is 2.19 bits per heavy atom. The van der Waals surface area contributed by atoms with Gasteiger partial charge in [-0.1, -0.05) is 17.7 Å². The van der Waals surface area contributed by atoms with Gasteiger partial charge in [-0.05, 0) is 70.7 Å². The standard InChI is InChI=1S/C18H30N2O/c1-3-16(14-17-5-4-9-19-10-6-17)13-15(2)20-18-7-11-21-12-8-18/h3,5,13,18-20H,4,6-12,14H2,1-2H3/b15-13-,16-3+. The molecule has 2 heterocycles. The fourth-order valence-corrected chi connectivity index (χ4v) is 3.00. The quantitative estimate of drug-likeness (QED) is 0.602. The molecule has 1 fully saturated rings. The lowest BCUT2D eigenvalue weighted by Crippen LogP contribution is -2.33. The van der Waals surface area contributed by atoms with E-state index in [4.69, 9.17) is 4.74 Å². The van der Waals surface area contributed by atoms with Gasteiger partial charge in [0.25, 0.3) is 0 Å². The third-order valence-corrected chi connectivity index (χ3v) is 4.23. The van der Waals surface area contributed by atoms with Crippen molar-refractivity contribution in [2.75, 3.05) is 26.3 Å². The Kier molecular flexibility index (Phi) is 7.04. The molecule has 0 spiro atoms. The van der Waals surface area contributed by atoms with Crippen LogP contribution in [0.4, 0.5) is 0 Å². The molecule has 0 atom stereocenters. The molecule has 2 aliphatic heterocycles. The van der Waals surface area contributed by atoms with Crippen LogP contribution in [-0.2, 0) is 4.74 Å². The van der Waals surface area contributed by atoms with E-state index in [-0.39, 0.29) is 0 Å². The molecular weight excluding hydrogens is 260 g/mol. The van der Waals surface area contributed by atoms with Gasteiger partial charge in [0.1, 0.15) is 0 Å². The third kappa shape index (κ3) is 6.06. The second-order valence-electron chi connectivity index (χ2n) is 6.05. The van der Waals surface area contributed by atoms with E-state index in [1.807, 2.05) is 0 Å². The second-order valence-corrected chi connectivity index (χ2v) is 6.05. The smallest absolute Gasteiger partial charge is 0.0485 e. The minimum absolute atomic E-state index is 0.578. The van der Waals surface area contributed by atoms with E-state index in [9.17, 15) is 0 Å². The summed E-state index contributed by atoms with van der Waals surface area (Å²) < 4.78 is 5.41. The molecule has 0 aromatic heterocycles. The largest absolute Gasteiger partial charge is 0.386 e. The summed E-state index contributed by atoms with van der Waals surface area (Å²) in [5.41, 5.74) is 4.27. The summed E-state index contributed by atoms with van der Waals surface area (Å²) in [6.07, 6.45) is 12.6. The zero-order valence-electron chi connectivity index (χ0n) is 13.6. The molecule has 2 aliphatic rings. The summed E-state index contributed by atoms with van der Waals surface area (Å²) in [6, 6.07) is 0.578. The zero-order valence-corrected chi connectivity index (χ0v) is 13.6. The van der Waals surface area contributed by atoms with Crippen LogP contribution in [0.25, 0.3) is 0 Å². The Balaban J connectivity index is 1.87. The number of hydrogen-bond donors (Lipinski definition) is 2. The van der Waals surface area contributed by atoms with Gasteiger partial charge in [-0.15, -0.1) is 0 Å². The topological polar surface area (TPSA) is 33.3 Å². The van der Waals surface area contributed by atoms with Crippen molar-refractivity contribution in [3.05, 3.63) is 35.1 Å². The Morgan fingerprint density at radius 3 is 2.95 bits per heavy atom. The Labute approximate surface area is 129 Å². The van der Waals surface area contributed by atoms with E-state index >= 15 is 0 Å². The Morgan fingerprint density at radius 1 is 1.38 bits per heavy atom. The molecule has 3 nitrogen and oxygen atoms in total. The molecule has 2 N–H and O–H groups in total. The molecule has 0 unspecified atom stereocenters. The maximum absolute atomic E-state index is 5.41. The number of nitrogens with one attached hydrogen (secondary N) is 2. The maximum atomic E-state index is 5.41. The van der Waals surface area contributed by atoms with Crippen LogP contribution in [0.1, 0.15) is 46.0 Å². The van der Waals surface area contributed by atoms with Crippen LogP contribution in [0, 0.1) is 0 Å². The molecule has 3 heteroatoms. The lowest BCUT2D eigenvalue weighted by atomic mass is 10.0. The first-order valence-electron chi connectivity index (χ1n) is 8.34. The molecule has 118 valence electrons. The summed E-state index contributed by atoms with van der Waals surface area (Å²) in [4.78, 5) is 0. The van der Waals surface area contributed by atoms with Crippen LogP contribution in [0.5, 0.6) is 0 Å². The highest BCUT2D eigenvalue weighted by atomic mass is 16.5. The summed E-state index contributed by atoms with van der Waals surface area (Å²) in [5.74, 6) is 0. The average Bonchev–Trinajstić information content (AvgIpc) is 2.76. The average molecular weight is 290 g/mol. The van der Waals surface area contributed by atoms with Crippen molar-refractivity contribution in [1.82, 2.24) is 10.6 Å². The zero-order chi connectivity index (χ0) is 14.9.